The Morgan fingerprint density at radius 3 is 2.34 bits per heavy atom. The average Bonchev–Trinajstić information content (AvgIpc) is 3.21. The van der Waals surface area contributed by atoms with Gasteiger partial charge in [0.15, 0.2) is 4.80 Å². The van der Waals surface area contributed by atoms with Gasteiger partial charge in [0.1, 0.15) is 0 Å². The van der Waals surface area contributed by atoms with E-state index >= 15 is 0 Å². The van der Waals surface area contributed by atoms with Gasteiger partial charge in [-0.05, 0) is 83.5 Å². The zero-order valence-corrected chi connectivity index (χ0v) is 23.8. The van der Waals surface area contributed by atoms with Crippen molar-refractivity contribution in [2.75, 3.05) is 0 Å². The molecule has 2 heterocycles. The number of benzene rings is 3. The Kier molecular flexibility index (Phi) is 7.10. The van der Waals surface area contributed by atoms with Gasteiger partial charge in [-0.3, -0.25) is 9.36 Å². The molecular formula is C30H20Cl4N2OS. The number of nitrogens with zero attached hydrogens (tertiary/aromatic N) is 2. The fraction of sp³-hybridized carbons (Fsp3) is 0.133. The number of aromatic nitrogens is 1. The summed E-state index contributed by atoms with van der Waals surface area (Å²) in [5.74, 6) is 0. The van der Waals surface area contributed by atoms with E-state index in [0.29, 0.717) is 29.4 Å². The lowest BCUT2D eigenvalue weighted by Crippen LogP contribution is -2.39. The third kappa shape index (κ3) is 4.70. The van der Waals surface area contributed by atoms with Crippen LogP contribution in [0.15, 0.2) is 93.4 Å². The molecule has 0 spiro atoms. The Morgan fingerprint density at radius 2 is 1.58 bits per heavy atom. The van der Waals surface area contributed by atoms with Gasteiger partial charge in [0.2, 0.25) is 0 Å². The van der Waals surface area contributed by atoms with Crippen molar-refractivity contribution < 1.29 is 0 Å². The third-order valence-corrected chi connectivity index (χ3v) is 9.05. The number of rotatable bonds is 3. The van der Waals surface area contributed by atoms with E-state index in [0.717, 1.165) is 52.8 Å². The molecule has 3 aromatic carbocycles. The molecule has 1 aliphatic heterocycles. The summed E-state index contributed by atoms with van der Waals surface area (Å²) in [6, 6.07) is 20.4. The molecule has 1 aromatic heterocycles. The molecule has 4 aromatic rings. The van der Waals surface area contributed by atoms with Gasteiger partial charge in [0.25, 0.3) is 5.56 Å². The van der Waals surface area contributed by atoms with E-state index in [9.17, 15) is 4.79 Å². The molecule has 1 unspecified atom stereocenters. The first kappa shape index (κ1) is 25.7. The first-order valence-electron chi connectivity index (χ1n) is 12.1. The molecule has 1 atom stereocenters. The normalized spacial score (nSPS) is 18.4. The molecular weight excluding hydrogens is 578 g/mol. The van der Waals surface area contributed by atoms with Crippen molar-refractivity contribution in [3.05, 3.63) is 140 Å². The van der Waals surface area contributed by atoms with Gasteiger partial charge in [-0.1, -0.05) is 100 Å². The van der Waals surface area contributed by atoms with Crippen molar-refractivity contribution in [2.45, 2.75) is 25.3 Å². The molecule has 8 heteroatoms. The van der Waals surface area contributed by atoms with Crippen molar-refractivity contribution in [3.8, 4) is 0 Å². The maximum atomic E-state index is 13.9. The summed E-state index contributed by atoms with van der Waals surface area (Å²) in [4.78, 5) is 19.6. The molecule has 6 rings (SSSR count). The lowest BCUT2D eigenvalue weighted by atomic mass is 9.84. The van der Waals surface area contributed by atoms with Gasteiger partial charge < -0.3 is 0 Å². The van der Waals surface area contributed by atoms with Gasteiger partial charge in [0, 0.05) is 20.1 Å². The van der Waals surface area contributed by atoms with Crippen LogP contribution >= 0.6 is 57.7 Å². The van der Waals surface area contributed by atoms with E-state index in [1.54, 1.807) is 22.8 Å². The number of halogens is 4. The molecule has 0 saturated carbocycles. The average molecular weight is 598 g/mol. The van der Waals surface area contributed by atoms with Crippen LogP contribution in [0.2, 0.25) is 20.1 Å². The predicted molar refractivity (Wildman–Crippen MR) is 159 cm³/mol. The summed E-state index contributed by atoms with van der Waals surface area (Å²) in [6.45, 7) is 0. The maximum absolute atomic E-state index is 13.9. The van der Waals surface area contributed by atoms with Crippen LogP contribution in [0, 0.1) is 0 Å². The van der Waals surface area contributed by atoms with Gasteiger partial charge in [-0.2, -0.15) is 0 Å². The second-order valence-corrected chi connectivity index (χ2v) is 11.9. The molecule has 2 aliphatic rings. The SMILES string of the molecule is O=c1/c(=C\c2ccc(Cl)cc2Cl)sc2n1C(c1ccccc1Cl)C1=C(N=2)/C(=C\c2ccccc2Cl)CCC1. The Balaban J connectivity index is 1.61. The highest BCUT2D eigenvalue weighted by molar-refractivity contribution is 7.07. The Morgan fingerprint density at radius 1 is 0.842 bits per heavy atom. The van der Waals surface area contributed by atoms with Crippen molar-refractivity contribution in [1.29, 1.82) is 0 Å². The summed E-state index contributed by atoms with van der Waals surface area (Å²) < 4.78 is 2.32. The number of fused-ring (bicyclic) bond motifs is 1. The Labute approximate surface area is 243 Å². The number of allylic oxidation sites excluding steroid dienone is 2. The predicted octanol–water partition coefficient (Wildman–Crippen LogP) is 8.10. The molecule has 0 saturated heterocycles. The van der Waals surface area contributed by atoms with Crippen LogP contribution in [-0.4, -0.2) is 4.57 Å². The molecule has 0 bridgehead atoms. The van der Waals surface area contributed by atoms with Crippen LogP contribution in [0.1, 0.15) is 42.0 Å². The van der Waals surface area contributed by atoms with Crippen LogP contribution in [0.3, 0.4) is 0 Å². The first-order valence-corrected chi connectivity index (χ1v) is 14.4. The van der Waals surface area contributed by atoms with E-state index < -0.39 is 0 Å². The zero-order valence-electron chi connectivity index (χ0n) is 19.9. The number of hydrogen-bond acceptors (Lipinski definition) is 3. The summed E-state index contributed by atoms with van der Waals surface area (Å²) >= 11 is 27.1. The molecule has 0 amide bonds. The van der Waals surface area contributed by atoms with E-state index in [4.69, 9.17) is 51.4 Å². The fourth-order valence-corrected chi connectivity index (χ4v) is 6.95. The summed E-state index contributed by atoms with van der Waals surface area (Å²) in [5, 5.41) is 2.33. The fourth-order valence-electron chi connectivity index (χ4n) is 5.07. The van der Waals surface area contributed by atoms with Gasteiger partial charge in [0.05, 0.1) is 16.3 Å². The van der Waals surface area contributed by atoms with Crippen molar-refractivity contribution in [1.82, 2.24) is 4.57 Å². The number of hydrogen-bond donors (Lipinski definition) is 0. The highest BCUT2D eigenvalue weighted by Crippen LogP contribution is 2.42. The summed E-state index contributed by atoms with van der Waals surface area (Å²) in [6.07, 6.45) is 6.55. The standard InChI is InChI=1S/C30H20Cl4N2OS/c31-20-13-12-18(25(34)16-20)15-26-29(37)36-28(21-8-2-4-11-24(21)33)22-9-5-7-19(27(22)35-30(36)38-26)14-17-6-1-3-10-23(17)32/h1-4,6,8,10-16,28H,5,7,9H2/b19-14-,26-15+. The lowest BCUT2D eigenvalue weighted by Gasteiger charge is -2.31. The van der Waals surface area contributed by atoms with Gasteiger partial charge in [-0.15, -0.1) is 0 Å². The van der Waals surface area contributed by atoms with E-state index in [-0.39, 0.29) is 11.6 Å². The first-order chi connectivity index (χ1) is 18.4. The van der Waals surface area contributed by atoms with E-state index in [1.807, 2.05) is 54.6 Å². The molecule has 0 radical (unpaired) electrons. The van der Waals surface area contributed by atoms with Crippen LogP contribution in [0.25, 0.3) is 12.2 Å². The van der Waals surface area contributed by atoms with Crippen LogP contribution < -0.4 is 14.9 Å². The highest BCUT2D eigenvalue weighted by Gasteiger charge is 2.33. The summed E-state index contributed by atoms with van der Waals surface area (Å²) in [7, 11) is 0. The second kappa shape index (κ2) is 10.5. The minimum atomic E-state index is -0.354. The monoisotopic (exact) mass is 596 g/mol. The van der Waals surface area contributed by atoms with E-state index in [2.05, 4.69) is 6.08 Å². The Bertz CT molecular complexity index is 1830. The van der Waals surface area contributed by atoms with E-state index in [1.165, 1.54) is 11.3 Å². The lowest BCUT2D eigenvalue weighted by molar-refractivity contribution is 0.553. The van der Waals surface area contributed by atoms with Crippen molar-refractivity contribution in [2.24, 2.45) is 4.99 Å². The van der Waals surface area contributed by atoms with Crippen molar-refractivity contribution >= 4 is 69.9 Å². The third-order valence-electron chi connectivity index (χ3n) is 6.82. The largest absolute Gasteiger partial charge is 0.272 e. The second-order valence-electron chi connectivity index (χ2n) is 9.19. The smallest absolute Gasteiger partial charge is 0.271 e. The molecule has 190 valence electrons. The molecule has 0 fully saturated rings. The number of thiazole rings is 1. The van der Waals surface area contributed by atoms with Crippen LogP contribution in [-0.2, 0) is 0 Å². The van der Waals surface area contributed by atoms with Crippen LogP contribution in [0.5, 0.6) is 0 Å². The molecule has 0 N–H and O–H groups in total. The molecule has 38 heavy (non-hydrogen) atoms. The zero-order chi connectivity index (χ0) is 26.4. The van der Waals surface area contributed by atoms with Gasteiger partial charge >= 0.3 is 0 Å². The summed E-state index contributed by atoms with van der Waals surface area (Å²) in [5.41, 5.74) is 5.53. The Hall–Kier alpha value is -2.60. The molecule has 3 nitrogen and oxygen atoms in total. The minimum absolute atomic E-state index is 0.126. The van der Waals surface area contributed by atoms with Gasteiger partial charge in [-0.25, -0.2) is 4.99 Å². The molecule has 1 aliphatic carbocycles. The van der Waals surface area contributed by atoms with Crippen LogP contribution in [0.4, 0.5) is 0 Å². The topological polar surface area (TPSA) is 34.4 Å². The quantitative estimate of drug-likeness (QED) is 0.235. The van der Waals surface area contributed by atoms with Crippen molar-refractivity contribution in [3.63, 3.8) is 0 Å². The minimum Gasteiger partial charge on any atom is -0.272 e. The highest BCUT2D eigenvalue weighted by atomic mass is 35.5. The maximum Gasteiger partial charge on any atom is 0.271 e.